The van der Waals surface area contributed by atoms with E-state index in [1.165, 1.54) is 4.68 Å². The van der Waals surface area contributed by atoms with Gasteiger partial charge in [0.25, 0.3) is 0 Å². The van der Waals surface area contributed by atoms with Crippen molar-refractivity contribution < 1.29 is 9.53 Å². The molecule has 0 unspecified atom stereocenters. The number of para-hydroxylation sites is 2. The maximum Gasteiger partial charge on any atom is 0.246 e. The molecule has 4 rings (SSSR count). The fourth-order valence-corrected chi connectivity index (χ4v) is 3.18. The number of aromatic nitrogens is 3. The van der Waals surface area contributed by atoms with Crippen molar-refractivity contribution in [3.05, 3.63) is 102 Å². The highest BCUT2D eigenvalue weighted by Gasteiger charge is 2.07. The average molecular weight is 486 g/mol. The number of ether oxygens (including phenoxy) is 1. The van der Waals surface area contributed by atoms with Crippen LogP contribution >= 0.6 is 12.2 Å². The molecule has 0 atom stereocenters. The number of benzene rings is 3. The van der Waals surface area contributed by atoms with Crippen LogP contribution < -0.4 is 20.8 Å². The zero-order valence-corrected chi connectivity index (χ0v) is 19.5. The maximum absolute atomic E-state index is 12.1. The second-order valence-corrected chi connectivity index (χ2v) is 7.78. The number of carbonyl (C=O) groups excluding carboxylic acids is 1. The quantitative estimate of drug-likeness (QED) is 0.188. The van der Waals surface area contributed by atoms with Crippen molar-refractivity contribution in [2.75, 3.05) is 10.6 Å². The van der Waals surface area contributed by atoms with E-state index in [4.69, 9.17) is 17.0 Å². The van der Waals surface area contributed by atoms with Crippen molar-refractivity contribution in [1.29, 1.82) is 0 Å². The molecular formula is C25H23N7O2S. The number of carbonyl (C=O) groups is 1. The normalized spacial score (nSPS) is 10.6. The Balaban J connectivity index is 1.20. The molecule has 35 heavy (non-hydrogen) atoms. The summed E-state index contributed by atoms with van der Waals surface area (Å²) >= 11 is 5.22. The molecule has 0 aliphatic rings. The van der Waals surface area contributed by atoms with Crippen molar-refractivity contribution in [1.82, 2.24) is 20.4 Å². The first kappa shape index (κ1) is 23.6. The van der Waals surface area contributed by atoms with Crippen LogP contribution in [0.1, 0.15) is 11.3 Å². The maximum atomic E-state index is 12.1. The monoisotopic (exact) mass is 485 g/mol. The van der Waals surface area contributed by atoms with Gasteiger partial charge in [0, 0.05) is 11.4 Å². The third-order valence-electron chi connectivity index (χ3n) is 4.63. The smallest absolute Gasteiger partial charge is 0.246 e. The molecule has 1 heterocycles. The van der Waals surface area contributed by atoms with Crippen molar-refractivity contribution in [3.8, 4) is 5.75 Å². The van der Waals surface area contributed by atoms with E-state index in [1.807, 2.05) is 84.9 Å². The first-order valence-electron chi connectivity index (χ1n) is 10.8. The van der Waals surface area contributed by atoms with Crippen LogP contribution in [0.2, 0.25) is 0 Å². The highest BCUT2D eigenvalue weighted by Crippen LogP contribution is 2.13. The standard InChI is InChI=1S/C25H23N7O2S/c33-24(27-20-7-3-1-4-8-20)17-32-16-22(29-31-32)18-34-23-13-11-19(12-14-23)15-26-30-25(35)28-21-9-5-2-6-10-21/h1-16H,17-18H2,(H,27,33)(H2,28,30,35)/b26-15+. The fraction of sp³-hybridized carbons (Fsp3) is 0.0800. The van der Waals surface area contributed by atoms with Gasteiger partial charge in [-0.25, -0.2) is 4.68 Å². The highest BCUT2D eigenvalue weighted by atomic mass is 32.1. The predicted octanol–water partition coefficient (Wildman–Crippen LogP) is 3.82. The van der Waals surface area contributed by atoms with Crippen LogP contribution in [-0.2, 0) is 17.9 Å². The number of hydrogen-bond donors (Lipinski definition) is 3. The van der Waals surface area contributed by atoms with Gasteiger partial charge in [0.05, 0.1) is 12.4 Å². The lowest BCUT2D eigenvalue weighted by Crippen LogP contribution is -2.23. The Labute approximate surface area is 207 Å². The van der Waals surface area contributed by atoms with Gasteiger partial charge in [-0.15, -0.1) is 5.10 Å². The molecule has 0 saturated carbocycles. The number of hydrogen-bond acceptors (Lipinski definition) is 6. The first-order chi connectivity index (χ1) is 17.1. The Morgan fingerprint density at radius 3 is 2.29 bits per heavy atom. The molecule has 0 aliphatic heterocycles. The molecule has 1 amide bonds. The number of nitrogens with one attached hydrogen (secondary N) is 3. The van der Waals surface area contributed by atoms with E-state index in [0.29, 0.717) is 16.6 Å². The van der Waals surface area contributed by atoms with Crippen LogP contribution in [0.25, 0.3) is 0 Å². The van der Waals surface area contributed by atoms with Crippen LogP contribution in [-0.4, -0.2) is 32.2 Å². The minimum Gasteiger partial charge on any atom is -0.487 e. The van der Waals surface area contributed by atoms with E-state index < -0.39 is 0 Å². The van der Waals surface area contributed by atoms with Gasteiger partial charge in [0.1, 0.15) is 24.6 Å². The average Bonchev–Trinajstić information content (AvgIpc) is 3.32. The van der Waals surface area contributed by atoms with Gasteiger partial charge in [-0.05, 0) is 66.3 Å². The second-order valence-electron chi connectivity index (χ2n) is 7.37. The predicted molar refractivity (Wildman–Crippen MR) is 139 cm³/mol. The molecule has 3 aromatic carbocycles. The summed E-state index contributed by atoms with van der Waals surface area (Å²) in [7, 11) is 0. The van der Waals surface area contributed by atoms with Gasteiger partial charge >= 0.3 is 0 Å². The summed E-state index contributed by atoms with van der Waals surface area (Å²) in [6.45, 7) is 0.295. The van der Waals surface area contributed by atoms with Crippen molar-refractivity contribution in [2.45, 2.75) is 13.2 Å². The molecule has 176 valence electrons. The number of rotatable bonds is 9. The molecule has 0 saturated heterocycles. The highest BCUT2D eigenvalue weighted by molar-refractivity contribution is 7.80. The summed E-state index contributed by atoms with van der Waals surface area (Å²) in [5.41, 5.74) is 5.90. The molecular weight excluding hydrogens is 462 g/mol. The van der Waals surface area contributed by atoms with E-state index in [2.05, 4.69) is 31.5 Å². The molecule has 0 fully saturated rings. The summed E-state index contributed by atoms with van der Waals surface area (Å²) in [4.78, 5) is 12.1. The molecule has 4 aromatic rings. The molecule has 1 aromatic heterocycles. The minimum absolute atomic E-state index is 0.0638. The summed E-state index contributed by atoms with van der Waals surface area (Å²) in [6, 6.07) is 26.3. The molecule has 10 heteroatoms. The van der Waals surface area contributed by atoms with Crippen molar-refractivity contribution in [3.63, 3.8) is 0 Å². The van der Waals surface area contributed by atoms with E-state index in [-0.39, 0.29) is 19.1 Å². The summed E-state index contributed by atoms with van der Waals surface area (Å²) in [6.07, 6.45) is 3.35. The molecule has 0 aliphatic carbocycles. The largest absolute Gasteiger partial charge is 0.487 e. The van der Waals surface area contributed by atoms with Gasteiger partial charge in [-0.3, -0.25) is 10.2 Å². The Morgan fingerprint density at radius 2 is 1.60 bits per heavy atom. The molecule has 0 spiro atoms. The number of nitrogens with zero attached hydrogens (tertiary/aromatic N) is 4. The van der Waals surface area contributed by atoms with Crippen LogP contribution in [0.15, 0.2) is 96.2 Å². The number of hydrazone groups is 1. The SMILES string of the molecule is O=C(Cn1cc(COc2ccc(/C=N/NC(=S)Nc3ccccc3)cc2)nn1)Nc1ccccc1. The van der Waals surface area contributed by atoms with Crippen LogP contribution in [0.5, 0.6) is 5.75 Å². The van der Waals surface area contributed by atoms with Crippen LogP contribution in [0.4, 0.5) is 11.4 Å². The van der Waals surface area contributed by atoms with Crippen LogP contribution in [0.3, 0.4) is 0 Å². The number of amides is 1. The Hall–Kier alpha value is -4.57. The zero-order valence-electron chi connectivity index (χ0n) is 18.7. The van der Waals surface area contributed by atoms with Crippen LogP contribution in [0, 0.1) is 0 Å². The lowest BCUT2D eigenvalue weighted by molar-refractivity contribution is -0.116. The molecule has 0 bridgehead atoms. The number of thiocarbonyl (C=S) groups is 1. The minimum atomic E-state index is -0.183. The van der Waals surface area contributed by atoms with Crippen molar-refractivity contribution >= 4 is 40.8 Å². The van der Waals surface area contributed by atoms with E-state index in [9.17, 15) is 4.79 Å². The Bertz CT molecular complexity index is 1280. The van der Waals surface area contributed by atoms with E-state index >= 15 is 0 Å². The van der Waals surface area contributed by atoms with Gasteiger partial charge in [-0.2, -0.15) is 5.10 Å². The van der Waals surface area contributed by atoms with Crippen molar-refractivity contribution in [2.24, 2.45) is 5.10 Å². The molecule has 3 N–H and O–H groups in total. The summed E-state index contributed by atoms with van der Waals surface area (Å²) < 4.78 is 7.24. The van der Waals surface area contributed by atoms with Gasteiger partial charge < -0.3 is 15.4 Å². The number of anilines is 2. The summed E-state index contributed by atoms with van der Waals surface area (Å²) in [5, 5.41) is 18.4. The lowest BCUT2D eigenvalue weighted by Gasteiger charge is -2.06. The Kier molecular flexibility index (Phi) is 8.12. The Morgan fingerprint density at radius 1 is 0.943 bits per heavy atom. The lowest BCUT2D eigenvalue weighted by atomic mass is 10.2. The van der Waals surface area contributed by atoms with Gasteiger partial charge in [-0.1, -0.05) is 41.6 Å². The molecule has 0 radical (unpaired) electrons. The zero-order chi connectivity index (χ0) is 24.3. The molecule has 9 nitrogen and oxygen atoms in total. The van der Waals surface area contributed by atoms with Gasteiger partial charge in [0.2, 0.25) is 5.91 Å². The third kappa shape index (κ3) is 7.76. The second kappa shape index (κ2) is 12.1. The van der Waals surface area contributed by atoms with Gasteiger partial charge in [0.15, 0.2) is 5.11 Å². The third-order valence-corrected chi connectivity index (χ3v) is 4.82. The topological polar surface area (TPSA) is 105 Å². The summed E-state index contributed by atoms with van der Waals surface area (Å²) in [5.74, 6) is 0.490. The first-order valence-corrected chi connectivity index (χ1v) is 11.2. The van der Waals surface area contributed by atoms with E-state index in [0.717, 1.165) is 16.9 Å². The fourth-order valence-electron chi connectivity index (χ4n) is 3.00. The van der Waals surface area contributed by atoms with E-state index in [1.54, 1.807) is 12.4 Å².